The van der Waals surface area contributed by atoms with Gasteiger partial charge in [0.05, 0.1) is 16.0 Å². The molecular formula is C11H15F3N2OS. The molecule has 0 aliphatic carbocycles. The van der Waals surface area contributed by atoms with Crippen molar-refractivity contribution in [2.75, 3.05) is 6.61 Å². The fourth-order valence-electron chi connectivity index (χ4n) is 2.01. The molecule has 2 rings (SSSR count). The molecule has 0 saturated carbocycles. The van der Waals surface area contributed by atoms with E-state index in [4.69, 9.17) is 10.5 Å². The summed E-state index contributed by atoms with van der Waals surface area (Å²) in [6.45, 7) is 0.559. The summed E-state index contributed by atoms with van der Waals surface area (Å²) in [7, 11) is 0. The van der Waals surface area contributed by atoms with Crippen molar-refractivity contribution in [1.29, 1.82) is 0 Å². The van der Waals surface area contributed by atoms with E-state index in [9.17, 15) is 13.2 Å². The average Bonchev–Trinajstić information content (AvgIpc) is 2.73. The van der Waals surface area contributed by atoms with E-state index in [1.54, 1.807) is 0 Å². The highest BCUT2D eigenvalue weighted by Gasteiger charge is 2.37. The van der Waals surface area contributed by atoms with Crippen molar-refractivity contribution in [3.8, 4) is 0 Å². The predicted octanol–water partition coefficient (Wildman–Crippen LogP) is 2.73. The third-order valence-corrected chi connectivity index (χ3v) is 3.97. The van der Waals surface area contributed by atoms with E-state index in [1.165, 1.54) is 0 Å². The van der Waals surface area contributed by atoms with Crippen molar-refractivity contribution in [3.63, 3.8) is 0 Å². The Morgan fingerprint density at radius 1 is 1.39 bits per heavy atom. The van der Waals surface area contributed by atoms with E-state index in [-0.39, 0.29) is 17.5 Å². The topological polar surface area (TPSA) is 48.1 Å². The highest BCUT2D eigenvalue weighted by atomic mass is 32.1. The molecule has 0 bridgehead atoms. The third-order valence-electron chi connectivity index (χ3n) is 2.87. The Labute approximate surface area is 107 Å². The summed E-state index contributed by atoms with van der Waals surface area (Å²) >= 11 is 1.04. The summed E-state index contributed by atoms with van der Waals surface area (Å²) < 4.78 is 43.6. The highest BCUT2D eigenvalue weighted by molar-refractivity contribution is 7.11. The van der Waals surface area contributed by atoms with Gasteiger partial charge in [0.15, 0.2) is 5.69 Å². The summed E-state index contributed by atoms with van der Waals surface area (Å²) in [6.07, 6.45) is -0.998. The van der Waals surface area contributed by atoms with Crippen LogP contribution in [0.2, 0.25) is 0 Å². The third kappa shape index (κ3) is 3.21. The lowest BCUT2D eigenvalue weighted by atomic mass is 10.1. The second kappa shape index (κ2) is 5.54. The van der Waals surface area contributed by atoms with Crippen molar-refractivity contribution >= 4 is 11.3 Å². The number of nitrogens with zero attached hydrogens (tertiary/aromatic N) is 1. The van der Waals surface area contributed by atoms with Gasteiger partial charge in [0.1, 0.15) is 0 Å². The molecule has 102 valence electrons. The molecule has 3 nitrogen and oxygen atoms in total. The molecule has 18 heavy (non-hydrogen) atoms. The van der Waals surface area contributed by atoms with Crippen molar-refractivity contribution < 1.29 is 17.9 Å². The van der Waals surface area contributed by atoms with Gasteiger partial charge in [-0.25, -0.2) is 4.98 Å². The Kier molecular flexibility index (Phi) is 4.24. The Hall–Kier alpha value is -0.660. The normalized spacial score (nSPS) is 21.2. The van der Waals surface area contributed by atoms with E-state index < -0.39 is 11.9 Å². The van der Waals surface area contributed by atoms with Gasteiger partial charge in [-0.2, -0.15) is 13.2 Å². The summed E-state index contributed by atoms with van der Waals surface area (Å²) in [5, 5.41) is 0.467. The van der Waals surface area contributed by atoms with Gasteiger partial charge in [0.2, 0.25) is 0 Å². The zero-order valence-electron chi connectivity index (χ0n) is 9.79. The van der Waals surface area contributed by atoms with Crippen LogP contribution >= 0.6 is 11.3 Å². The monoisotopic (exact) mass is 280 g/mol. The van der Waals surface area contributed by atoms with Gasteiger partial charge in [-0.1, -0.05) is 0 Å². The molecule has 0 radical (unpaired) electrons. The maximum Gasteiger partial charge on any atom is 0.434 e. The van der Waals surface area contributed by atoms with Crippen LogP contribution in [-0.2, 0) is 23.9 Å². The van der Waals surface area contributed by atoms with Crippen LogP contribution in [0, 0.1) is 0 Å². The molecular weight excluding hydrogens is 265 g/mol. The van der Waals surface area contributed by atoms with E-state index in [0.717, 1.165) is 30.6 Å². The second-order valence-electron chi connectivity index (χ2n) is 4.27. The molecule has 2 heterocycles. The van der Waals surface area contributed by atoms with Gasteiger partial charge in [0, 0.05) is 19.6 Å². The Bertz CT molecular complexity index is 399. The molecule has 1 saturated heterocycles. The zero-order chi connectivity index (χ0) is 13.2. The van der Waals surface area contributed by atoms with E-state index >= 15 is 0 Å². The van der Waals surface area contributed by atoms with Crippen molar-refractivity contribution in [2.45, 2.75) is 44.5 Å². The van der Waals surface area contributed by atoms with Crippen LogP contribution in [0.1, 0.15) is 34.8 Å². The first-order chi connectivity index (χ1) is 8.50. The number of ether oxygens (including phenoxy) is 1. The van der Waals surface area contributed by atoms with Crippen molar-refractivity contribution in [1.82, 2.24) is 4.98 Å². The number of thiazole rings is 1. The molecule has 0 amide bonds. The number of halogens is 3. The van der Waals surface area contributed by atoms with Crippen LogP contribution in [-0.4, -0.2) is 17.7 Å². The SMILES string of the molecule is NCc1sc(CC2CCCCO2)nc1C(F)(F)F. The first kappa shape index (κ1) is 13.8. The highest BCUT2D eigenvalue weighted by Crippen LogP contribution is 2.34. The zero-order valence-corrected chi connectivity index (χ0v) is 10.6. The van der Waals surface area contributed by atoms with Crippen LogP contribution in [0.3, 0.4) is 0 Å². The standard InChI is InChI=1S/C11H15F3N2OS/c12-11(13,14)10-8(6-15)18-9(16-10)5-7-3-1-2-4-17-7/h7H,1-6,15H2. The fourth-order valence-corrected chi connectivity index (χ4v) is 3.04. The van der Waals surface area contributed by atoms with Gasteiger partial charge < -0.3 is 10.5 Å². The van der Waals surface area contributed by atoms with Gasteiger partial charge >= 0.3 is 6.18 Å². The largest absolute Gasteiger partial charge is 0.434 e. The number of alkyl halides is 3. The molecule has 0 aromatic carbocycles. The lowest BCUT2D eigenvalue weighted by Gasteiger charge is -2.21. The molecule has 1 aromatic rings. The maximum atomic E-state index is 12.7. The van der Waals surface area contributed by atoms with Gasteiger partial charge in [-0.3, -0.25) is 0 Å². The number of hydrogen-bond donors (Lipinski definition) is 1. The lowest BCUT2D eigenvalue weighted by Crippen LogP contribution is -2.21. The second-order valence-corrected chi connectivity index (χ2v) is 5.44. The molecule has 1 aliphatic heterocycles. The van der Waals surface area contributed by atoms with Crippen LogP contribution in [0.25, 0.3) is 0 Å². The van der Waals surface area contributed by atoms with Crippen LogP contribution < -0.4 is 5.73 Å². The van der Waals surface area contributed by atoms with E-state index in [1.807, 2.05) is 0 Å². The smallest absolute Gasteiger partial charge is 0.378 e. The molecule has 1 atom stereocenters. The number of aromatic nitrogens is 1. The Morgan fingerprint density at radius 2 is 2.17 bits per heavy atom. The minimum atomic E-state index is -4.42. The van der Waals surface area contributed by atoms with Crippen LogP contribution in [0.15, 0.2) is 0 Å². The van der Waals surface area contributed by atoms with E-state index in [2.05, 4.69) is 4.98 Å². The molecule has 1 aliphatic rings. The van der Waals surface area contributed by atoms with Crippen LogP contribution in [0.4, 0.5) is 13.2 Å². The molecule has 1 fully saturated rings. The number of hydrogen-bond acceptors (Lipinski definition) is 4. The molecule has 0 spiro atoms. The maximum absolute atomic E-state index is 12.7. The van der Waals surface area contributed by atoms with E-state index in [0.29, 0.717) is 18.0 Å². The first-order valence-electron chi connectivity index (χ1n) is 5.88. The summed E-state index contributed by atoms with van der Waals surface area (Å²) in [5.41, 5.74) is 4.50. The molecule has 1 unspecified atom stereocenters. The summed E-state index contributed by atoms with van der Waals surface area (Å²) in [5.74, 6) is 0. The quantitative estimate of drug-likeness (QED) is 0.926. The lowest BCUT2D eigenvalue weighted by molar-refractivity contribution is -0.141. The van der Waals surface area contributed by atoms with Crippen molar-refractivity contribution in [2.24, 2.45) is 5.73 Å². The summed E-state index contributed by atoms with van der Waals surface area (Å²) in [4.78, 5) is 3.78. The number of nitrogens with two attached hydrogens (primary N) is 1. The number of rotatable bonds is 3. The predicted molar refractivity (Wildman–Crippen MR) is 62.3 cm³/mol. The molecule has 7 heteroatoms. The fraction of sp³-hybridized carbons (Fsp3) is 0.727. The van der Waals surface area contributed by atoms with Gasteiger partial charge in [0.25, 0.3) is 0 Å². The average molecular weight is 280 g/mol. The van der Waals surface area contributed by atoms with Gasteiger partial charge in [-0.05, 0) is 19.3 Å². The molecule has 1 aromatic heterocycles. The Balaban J connectivity index is 2.11. The Morgan fingerprint density at radius 3 is 2.67 bits per heavy atom. The first-order valence-corrected chi connectivity index (χ1v) is 6.70. The minimum Gasteiger partial charge on any atom is -0.378 e. The van der Waals surface area contributed by atoms with Crippen LogP contribution in [0.5, 0.6) is 0 Å². The summed E-state index contributed by atoms with van der Waals surface area (Å²) in [6, 6.07) is 0. The molecule has 2 N–H and O–H groups in total. The van der Waals surface area contributed by atoms with Gasteiger partial charge in [-0.15, -0.1) is 11.3 Å². The minimum absolute atomic E-state index is 0.00314. The van der Waals surface area contributed by atoms with Crippen molar-refractivity contribution in [3.05, 3.63) is 15.6 Å².